The minimum absolute atomic E-state index is 0.333. The number of hydrogen-bond acceptors (Lipinski definition) is 5. The number of carbonyl (C=O) groups is 1. The van der Waals surface area contributed by atoms with Crippen LogP contribution in [0.1, 0.15) is 75.0 Å². The van der Waals surface area contributed by atoms with Crippen LogP contribution in [-0.2, 0) is 31.2 Å². The number of amides is 1. The minimum Gasteiger partial charge on any atom is -0.456 e. The Labute approximate surface area is 222 Å². The Kier molecular flexibility index (Phi) is 4.13. The molecule has 0 aromatic heterocycles. The van der Waals surface area contributed by atoms with Crippen molar-refractivity contribution in [3.63, 3.8) is 0 Å². The Hall–Kier alpha value is -3.51. The molecule has 6 heterocycles. The van der Waals surface area contributed by atoms with Crippen LogP contribution < -0.4 is 14.5 Å². The van der Waals surface area contributed by atoms with Crippen molar-refractivity contribution in [3.05, 3.63) is 80.9 Å². The lowest BCUT2D eigenvalue weighted by Gasteiger charge is -2.47. The maximum atomic E-state index is 13.7. The van der Waals surface area contributed by atoms with Crippen LogP contribution >= 0.6 is 0 Å². The number of anilines is 2. The molecule has 9 rings (SSSR count). The van der Waals surface area contributed by atoms with Gasteiger partial charge in [0.05, 0.1) is 0 Å². The fourth-order valence-electron chi connectivity index (χ4n) is 8.56. The van der Waals surface area contributed by atoms with E-state index in [4.69, 9.17) is 4.74 Å². The van der Waals surface area contributed by atoms with Crippen molar-refractivity contribution in [1.29, 1.82) is 0 Å². The average Bonchev–Trinajstić information content (AvgIpc) is 3.18. The third-order valence-electron chi connectivity index (χ3n) is 9.99. The lowest BCUT2D eigenvalue weighted by atomic mass is 9.71. The number of hydrogen-bond donors (Lipinski definition) is 1. The highest BCUT2D eigenvalue weighted by molar-refractivity contribution is 6.02. The lowest BCUT2D eigenvalue weighted by molar-refractivity contribution is -0.102. The first kappa shape index (κ1) is 21.4. The summed E-state index contributed by atoms with van der Waals surface area (Å²) in [6.07, 6.45) is 8.39. The molecular weight excluding hydrogens is 474 g/mol. The second-order valence-corrected chi connectivity index (χ2v) is 11.8. The van der Waals surface area contributed by atoms with Crippen LogP contribution in [0.25, 0.3) is 0 Å². The fourth-order valence-corrected chi connectivity index (χ4v) is 8.56. The van der Waals surface area contributed by atoms with Gasteiger partial charge in [0.2, 0.25) is 0 Å². The van der Waals surface area contributed by atoms with Crippen LogP contribution in [0, 0.1) is 0 Å². The van der Waals surface area contributed by atoms with Gasteiger partial charge in [-0.15, -0.1) is 0 Å². The van der Waals surface area contributed by atoms with E-state index in [0.29, 0.717) is 5.56 Å². The summed E-state index contributed by atoms with van der Waals surface area (Å²) in [5, 5.41) is 13.0. The zero-order valence-corrected chi connectivity index (χ0v) is 21.6. The molecule has 0 bridgehead atoms. The summed E-state index contributed by atoms with van der Waals surface area (Å²) in [5.41, 5.74) is 10.1. The molecule has 1 N–H and O–H groups in total. The van der Waals surface area contributed by atoms with Gasteiger partial charge < -0.3 is 14.5 Å². The monoisotopic (exact) mass is 505 g/mol. The first-order valence-electron chi connectivity index (χ1n) is 14.4. The fraction of sp³-hybridized carbons (Fsp3) is 0.406. The van der Waals surface area contributed by atoms with Crippen molar-refractivity contribution >= 4 is 17.3 Å². The van der Waals surface area contributed by atoms with Gasteiger partial charge in [-0.3, -0.25) is 10.0 Å². The number of ether oxygens (including phenoxy) is 1. The normalized spacial score (nSPS) is 21.4. The predicted octanol–water partition coefficient (Wildman–Crippen LogP) is 5.33. The van der Waals surface area contributed by atoms with Gasteiger partial charge in [0.15, 0.2) is 5.54 Å². The maximum Gasteiger partial charge on any atom is 0.279 e. The molecule has 6 aliphatic heterocycles. The van der Waals surface area contributed by atoms with E-state index in [-0.39, 0.29) is 5.91 Å². The van der Waals surface area contributed by atoms with Crippen molar-refractivity contribution in [1.82, 2.24) is 5.06 Å². The van der Waals surface area contributed by atoms with E-state index in [1.807, 2.05) is 24.3 Å². The van der Waals surface area contributed by atoms with Gasteiger partial charge in [0.25, 0.3) is 5.91 Å². The Morgan fingerprint density at radius 2 is 1.24 bits per heavy atom. The first-order chi connectivity index (χ1) is 18.7. The SMILES string of the molecule is O=C1c2ccccc2C2(c3cc4c5c(c3Oc3c2cc2c6c3CCCN6CCC2)CCCN5CCC4)N1O. The predicted molar refractivity (Wildman–Crippen MR) is 145 cm³/mol. The molecule has 0 fully saturated rings. The third kappa shape index (κ3) is 2.42. The second-order valence-electron chi connectivity index (χ2n) is 11.8. The number of fused-ring (bicyclic) bond motifs is 8. The largest absolute Gasteiger partial charge is 0.456 e. The zero-order valence-electron chi connectivity index (χ0n) is 21.6. The van der Waals surface area contributed by atoms with Crippen molar-refractivity contribution in [2.24, 2.45) is 0 Å². The van der Waals surface area contributed by atoms with Crippen molar-refractivity contribution < 1.29 is 14.7 Å². The number of rotatable bonds is 0. The van der Waals surface area contributed by atoms with E-state index in [1.165, 1.54) is 33.6 Å². The number of carbonyl (C=O) groups excluding carboxylic acids is 1. The smallest absolute Gasteiger partial charge is 0.279 e. The highest BCUT2D eigenvalue weighted by Gasteiger charge is 2.58. The Balaban J connectivity index is 1.44. The molecule has 6 nitrogen and oxygen atoms in total. The molecule has 3 aromatic carbocycles. The molecule has 192 valence electrons. The number of aryl methyl sites for hydroxylation is 2. The van der Waals surface area contributed by atoms with Crippen LogP contribution in [0.15, 0.2) is 36.4 Å². The summed E-state index contributed by atoms with van der Waals surface area (Å²) < 4.78 is 7.10. The Morgan fingerprint density at radius 3 is 1.82 bits per heavy atom. The van der Waals surface area contributed by atoms with Gasteiger partial charge in [-0.25, -0.2) is 5.06 Å². The van der Waals surface area contributed by atoms with E-state index in [9.17, 15) is 10.0 Å². The van der Waals surface area contributed by atoms with Crippen LogP contribution in [0.5, 0.6) is 11.5 Å². The molecule has 6 heteroatoms. The molecule has 0 radical (unpaired) electrons. The molecule has 38 heavy (non-hydrogen) atoms. The highest BCUT2D eigenvalue weighted by atomic mass is 16.5. The Bertz CT molecular complexity index is 1490. The topological polar surface area (TPSA) is 56.2 Å². The summed E-state index contributed by atoms with van der Waals surface area (Å²) >= 11 is 0. The lowest BCUT2D eigenvalue weighted by Crippen LogP contribution is -2.47. The molecular formula is C32H31N3O3. The second kappa shape index (κ2) is 7.32. The molecule has 3 aromatic rings. The highest BCUT2D eigenvalue weighted by Crippen LogP contribution is 2.62. The van der Waals surface area contributed by atoms with Crippen LogP contribution in [0.3, 0.4) is 0 Å². The quantitative estimate of drug-likeness (QED) is 0.419. The van der Waals surface area contributed by atoms with Gasteiger partial charge in [-0.1, -0.05) is 18.2 Å². The minimum atomic E-state index is -1.10. The summed E-state index contributed by atoms with van der Waals surface area (Å²) in [4.78, 5) is 18.8. The number of hydroxylamine groups is 2. The molecule has 0 aliphatic carbocycles. The van der Waals surface area contributed by atoms with E-state index < -0.39 is 5.54 Å². The molecule has 0 saturated carbocycles. The molecule has 1 amide bonds. The van der Waals surface area contributed by atoms with Gasteiger partial charge in [0, 0.05) is 70.9 Å². The van der Waals surface area contributed by atoms with E-state index in [1.54, 1.807) is 0 Å². The van der Waals surface area contributed by atoms with Gasteiger partial charge in [0.1, 0.15) is 11.5 Å². The standard InChI is InChI=1S/C32H31N3O3/c36-31-21-9-1-2-12-24(21)32(35(31)37)25-17-19-7-3-13-33-15-5-10-22(27(19)33)29(25)38-30-23-11-6-16-34-14-4-8-20(28(23)34)18-26(30)32/h1-2,9,12,17-18,37H,3-8,10-11,13-16H2. The summed E-state index contributed by atoms with van der Waals surface area (Å²) in [6, 6.07) is 12.3. The van der Waals surface area contributed by atoms with E-state index in [2.05, 4.69) is 21.9 Å². The van der Waals surface area contributed by atoms with Crippen molar-refractivity contribution in [2.75, 3.05) is 36.0 Å². The van der Waals surface area contributed by atoms with Crippen molar-refractivity contribution in [2.45, 2.75) is 56.9 Å². The van der Waals surface area contributed by atoms with Crippen LogP contribution in [0.4, 0.5) is 11.4 Å². The van der Waals surface area contributed by atoms with Crippen molar-refractivity contribution in [3.8, 4) is 11.5 Å². The molecule has 1 spiro atoms. The molecule has 0 atom stereocenters. The summed E-state index contributed by atoms with van der Waals surface area (Å²) in [7, 11) is 0. The van der Waals surface area contributed by atoms with Crippen LogP contribution in [0.2, 0.25) is 0 Å². The molecule has 0 unspecified atom stereocenters. The zero-order chi connectivity index (χ0) is 25.2. The maximum absolute atomic E-state index is 13.7. The van der Waals surface area contributed by atoms with E-state index >= 15 is 0 Å². The van der Waals surface area contributed by atoms with Gasteiger partial charge in [-0.05, 0) is 80.7 Å². The molecule has 6 aliphatic rings. The van der Waals surface area contributed by atoms with Crippen LogP contribution in [-0.4, -0.2) is 42.4 Å². The Morgan fingerprint density at radius 1 is 0.711 bits per heavy atom. The first-order valence-corrected chi connectivity index (χ1v) is 14.4. The third-order valence-corrected chi connectivity index (χ3v) is 9.99. The number of benzene rings is 3. The van der Waals surface area contributed by atoms with E-state index in [0.717, 1.165) is 111 Å². The average molecular weight is 506 g/mol. The van der Waals surface area contributed by atoms with Gasteiger partial charge in [-0.2, -0.15) is 0 Å². The number of nitrogens with zero attached hydrogens (tertiary/aromatic N) is 3. The van der Waals surface area contributed by atoms with Gasteiger partial charge >= 0.3 is 0 Å². The molecule has 0 saturated heterocycles. The summed E-state index contributed by atoms with van der Waals surface area (Å²) in [5.74, 6) is 1.41. The summed E-state index contributed by atoms with van der Waals surface area (Å²) in [6.45, 7) is 4.34.